The highest BCUT2D eigenvalue weighted by Crippen LogP contribution is 2.21. The van der Waals surface area contributed by atoms with Gasteiger partial charge in [-0.1, -0.05) is 0 Å². The van der Waals surface area contributed by atoms with E-state index in [2.05, 4.69) is 25.3 Å². The molecule has 0 fully saturated rings. The second kappa shape index (κ2) is 5.84. The summed E-state index contributed by atoms with van der Waals surface area (Å²) in [4.78, 5) is 40.8. The summed E-state index contributed by atoms with van der Waals surface area (Å²) in [6.45, 7) is 0.952. The van der Waals surface area contributed by atoms with E-state index in [-0.39, 0.29) is 18.0 Å². The number of nitrogens with one attached hydrogen (secondary N) is 3. The summed E-state index contributed by atoms with van der Waals surface area (Å²) >= 11 is 1.36. The number of thiophene rings is 1. The van der Waals surface area contributed by atoms with Crippen molar-refractivity contribution < 1.29 is 4.79 Å². The third-order valence-corrected chi connectivity index (χ3v) is 5.02. The van der Waals surface area contributed by atoms with Crippen LogP contribution in [0.4, 0.5) is 0 Å². The lowest BCUT2D eigenvalue weighted by Gasteiger charge is -2.26. The maximum Gasteiger partial charge on any atom is 0.268 e. The molecule has 1 amide bonds. The van der Waals surface area contributed by atoms with Gasteiger partial charge in [0.2, 0.25) is 5.91 Å². The molecule has 0 bridgehead atoms. The van der Waals surface area contributed by atoms with Gasteiger partial charge in [0.05, 0.1) is 24.1 Å². The molecule has 8 nitrogen and oxygen atoms in total. The second-order valence-electron chi connectivity index (χ2n) is 5.75. The molecular formula is C15H16N6O2S. The van der Waals surface area contributed by atoms with Gasteiger partial charge < -0.3 is 20.2 Å². The highest BCUT2D eigenvalue weighted by Gasteiger charge is 2.30. The molecule has 0 aliphatic carbocycles. The molecule has 0 saturated carbocycles. The van der Waals surface area contributed by atoms with Gasteiger partial charge in [0.25, 0.3) is 5.56 Å². The van der Waals surface area contributed by atoms with Gasteiger partial charge in [-0.2, -0.15) is 0 Å². The summed E-state index contributed by atoms with van der Waals surface area (Å²) in [5.41, 5.74) is 2.22. The fraction of sp³-hybridized carbons (Fsp3) is 0.333. The molecule has 0 saturated heterocycles. The third kappa shape index (κ3) is 2.51. The smallest absolute Gasteiger partial charge is 0.268 e. The van der Waals surface area contributed by atoms with Crippen LogP contribution < -0.4 is 10.9 Å². The Labute approximate surface area is 140 Å². The average molecular weight is 344 g/mol. The Kier molecular flexibility index (Phi) is 3.66. The van der Waals surface area contributed by atoms with E-state index in [1.54, 1.807) is 24.3 Å². The molecule has 4 rings (SSSR count). The van der Waals surface area contributed by atoms with Crippen LogP contribution in [0.1, 0.15) is 23.3 Å². The number of rotatable bonds is 3. The van der Waals surface area contributed by atoms with Gasteiger partial charge in [-0.3, -0.25) is 9.59 Å². The number of imidazole rings is 1. The number of aromatic amines is 2. The summed E-state index contributed by atoms with van der Waals surface area (Å²) in [6.07, 6.45) is 2.44. The fourth-order valence-electron chi connectivity index (χ4n) is 2.94. The zero-order chi connectivity index (χ0) is 16.7. The number of likely N-dealkylation sites (N-methyl/N-ethyl adjacent to an activating group) is 1. The summed E-state index contributed by atoms with van der Waals surface area (Å²) < 4.78 is 0.600. The minimum Gasteiger partial charge on any atom is -0.348 e. The Hall–Kier alpha value is -2.52. The first-order chi connectivity index (χ1) is 11.6. The van der Waals surface area contributed by atoms with E-state index in [1.165, 1.54) is 11.3 Å². The van der Waals surface area contributed by atoms with Crippen LogP contribution in [0.25, 0.3) is 10.2 Å². The van der Waals surface area contributed by atoms with Crippen LogP contribution in [-0.2, 0) is 17.8 Å². The van der Waals surface area contributed by atoms with Crippen LogP contribution in [-0.4, -0.2) is 44.3 Å². The molecule has 3 aromatic rings. The van der Waals surface area contributed by atoms with Crippen molar-refractivity contribution >= 4 is 27.5 Å². The molecule has 124 valence electrons. The fourth-order valence-corrected chi connectivity index (χ4v) is 3.67. The Bertz CT molecular complexity index is 958. The minimum atomic E-state index is -0.471. The number of hydrogen-bond acceptors (Lipinski definition) is 6. The van der Waals surface area contributed by atoms with Crippen LogP contribution in [0.15, 0.2) is 22.6 Å². The van der Waals surface area contributed by atoms with Crippen LogP contribution in [0.5, 0.6) is 0 Å². The molecule has 0 aromatic carbocycles. The van der Waals surface area contributed by atoms with Crippen molar-refractivity contribution in [2.45, 2.75) is 19.0 Å². The van der Waals surface area contributed by atoms with Gasteiger partial charge in [0, 0.05) is 25.7 Å². The zero-order valence-electron chi connectivity index (χ0n) is 13.0. The third-order valence-electron chi connectivity index (χ3n) is 4.12. The highest BCUT2D eigenvalue weighted by atomic mass is 32.1. The van der Waals surface area contributed by atoms with Crippen molar-refractivity contribution in [1.82, 2.24) is 30.2 Å². The number of fused-ring (bicyclic) bond motifs is 2. The molecule has 9 heteroatoms. The van der Waals surface area contributed by atoms with Crippen molar-refractivity contribution in [3.63, 3.8) is 0 Å². The number of H-pyrrole nitrogens is 2. The number of carbonyl (C=O) groups excluding carboxylic acids is 1. The zero-order valence-corrected chi connectivity index (χ0v) is 13.8. The molecule has 1 atom stereocenters. The second-order valence-corrected chi connectivity index (χ2v) is 6.66. The van der Waals surface area contributed by atoms with E-state index in [0.717, 1.165) is 24.4 Å². The summed E-state index contributed by atoms with van der Waals surface area (Å²) in [5.74, 6) is 0.371. The normalized spacial score (nSPS) is 17.0. The minimum absolute atomic E-state index is 0.101. The van der Waals surface area contributed by atoms with E-state index >= 15 is 0 Å². The molecule has 0 radical (unpaired) electrons. The largest absolute Gasteiger partial charge is 0.348 e. The van der Waals surface area contributed by atoms with Crippen LogP contribution in [0, 0.1) is 0 Å². The van der Waals surface area contributed by atoms with Crippen LogP contribution >= 0.6 is 11.3 Å². The van der Waals surface area contributed by atoms with Gasteiger partial charge in [0.1, 0.15) is 16.6 Å². The summed E-state index contributed by atoms with van der Waals surface area (Å²) in [7, 11) is 1.70. The quantitative estimate of drug-likeness (QED) is 0.643. The highest BCUT2D eigenvalue weighted by molar-refractivity contribution is 7.17. The topological polar surface area (TPSA) is 107 Å². The standard InChI is InChI=1S/C15H16N6O2S/c1-21(6-10-19-9-3-5-24-13(9)14(22)20-10)15(23)12-11-8(2-4-16-12)17-7-18-11/h3,5,7,12,16H,2,4,6H2,1H3,(H,17,18)(H,19,20,22)/t12-/m0/s1. The molecule has 0 unspecified atom stereocenters. The molecule has 3 N–H and O–H groups in total. The number of aromatic nitrogens is 4. The van der Waals surface area contributed by atoms with Crippen molar-refractivity contribution in [2.24, 2.45) is 0 Å². The first-order valence-corrected chi connectivity index (χ1v) is 8.48. The molecule has 3 aromatic heterocycles. The molecule has 1 aliphatic rings. The Morgan fingerprint density at radius 3 is 3.25 bits per heavy atom. The van der Waals surface area contributed by atoms with E-state index < -0.39 is 6.04 Å². The monoisotopic (exact) mass is 344 g/mol. The van der Waals surface area contributed by atoms with Gasteiger partial charge in [-0.25, -0.2) is 9.97 Å². The van der Waals surface area contributed by atoms with E-state index in [4.69, 9.17) is 0 Å². The number of amides is 1. The molecule has 0 spiro atoms. The Morgan fingerprint density at radius 1 is 1.50 bits per heavy atom. The first-order valence-electron chi connectivity index (χ1n) is 7.60. The van der Waals surface area contributed by atoms with Crippen LogP contribution in [0.3, 0.4) is 0 Å². The Balaban J connectivity index is 1.56. The molecule has 1 aliphatic heterocycles. The van der Waals surface area contributed by atoms with E-state index in [9.17, 15) is 9.59 Å². The predicted octanol–water partition coefficient (Wildman–Crippen LogP) is 0.553. The molecular weight excluding hydrogens is 328 g/mol. The lowest BCUT2D eigenvalue weighted by molar-refractivity contribution is -0.133. The van der Waals surface area contributed by atoms with Gasteiger partial charge in [-0.05, 0) is 11.4 Å². The van der Waals surface area contributed by atoms with Crippen molar-refractivity contribution in [2.75, 3.05) is 13.6 Å². The van der Waals surface area contributed by atoms with Crippen molar-refractivity contribution in [3.8, 4) is 0 Å². The predicted molar refractivity (Wildman–Crippen MR) is 89.8 cm³/mol. The molecule has 4 heterocycles. The average Bonchev–Trinajstić information content (AvgIpc) is 3.22. The van der Waals surface area contributed by atoms with Crippen LogP contribution in [0.2, 0.25) is 0 Å². The molecule has 24 heavy (non-hydrogen) atoms. The SMILES string of the molecule is CN(Cc1nc2ccsc2c(=O)[nH]1)C(=O)[C@H]1NCCc2[nH]cnc21. The van der Waals surface area contributed by atoms with Gasteiger partial charge >= 0.3 is 0 Å². The first kappa shape index (κ1) is 15.0. The Morgan fingerprint density at radius 2 is 2.38 bits per heavy atom. The van der Waals surface area contributed by atoms with Crippen molar-refractivity contribution in [3.05, 3.63) is 45.3 Å². The maximum atomic E-state index is 12.8. The van der Waals surface area contributed by atoms with E-state index in [1.807, 2.05) is 5.38 Å². The summed E-state index contributed by atoms with van der Waals surface area (Å²) in [6, 6.07) is 1.33. The van der Waals surface area contributed by atoms with E-state index in [0.29, 0.717) is 16.0 Å². The van der Waals surface area contributed by atoms with Gasteiger partial charge in [-0.15, -0.1) is 11.3 Å². The number of nitrogens with zero attached hydrogens (tertiary/aromatic N) is 3. The lowest BCUT2D eigenvalue weighted by Crippen LogP contribution is -2.42. The lowest BCUT2D eigenvalue weighted by atomic mass is 10.0. The number of hydrogen-bond donors (Lipinski definition) is 3. The van der Waals surface area contributed by atoms with Crippen molar-refractivity contribution in [1.29, 1.82) is 0 Å². The number of carbonyl (C=O) groups is 1. The van der Waals surface area contributed by atoms with Gasteiger partial charge in [0.15, 0.2) is 0 Å². The summed E-state index contributed by atoms with van der Waals surface area (Å²) in [5, 5.41) is 5.03. The maximum absolute atomic E-state index is 12.8.